The van der Waals surface area contributed by atoms with Crippen molar-refractivity contribution in [3.05, 3.63) is 41.5 Å². The summed E-state index contributed by atoms with van der Waals surface area (Å²) >= 11 is 0. The number of carbonyl (C=O) groups is 1. The lowest BCUT2D eigenvalue weighted by Gasteiger charge is -2.32. The van der Waals surface area contributed by atoms with Gasteiger partial charge in [-0.1, -0.05) is 17.3 Å². The predicted molar refractivity (Wildman–Crippen MR) is 96.0 cm³/mol. The van der Waals surface area contributed by atoms with Crippen molar-refractivity contribution in [2.24, 2.45) is 5.92 Å². The van der Waals surface area contributed by atoms with Crippen LogP contribution in [0.15, 0.2) is 28.8 Å². The molecular weight excluding hydrogens is 330 g/mol. The number of rotatable bonds is 6. The van der Waals surface area contributed by atoms with E-state index in [0.29, 0.717) is 18.3 Å². The summed E-state index contributed by atoms with van der Waals surface area (Å²) in [6.07, 6.45) is 5.66. The van der Waals surface area contributed by atoms with E-state index >= 15 is 0 Å². The van der Waals surface area contributed by atoms with Gasteiger partial charge in [0.25, 0.3) is 0 Å². The monoisotopic (exact) mass is 355 g/mol. The Morgan fingerprint density at radius 3 is 3.04 bits per heavy atom. The van der Waals surface area contributed by atoms with Gasteiger partial charge in [-0.05, 0) is 49.3 Å². The zero-order chi connectivity index (χ0) is 17.9. The molecule has 6 nitrogen and oxygen atoms in total. The van der Waals surface area contributed by atoms with Crippen molar-refractivity contribution in [2.75, 3.05) is 20.2 Å². The number of aromatic nitrogens is 2. The Morgan fingerprint density at radius 1 is 1.35 bits per heavy atom. The standard InChI is InChI=1S/C20H25N3O3/c1-25-17-6-2-4-14(10-17)12-19(24)23-9-3-5-15(13-23)11-18-21-20(22-26-18)16-7-8-16/h2,4,6,10,15-16H,3,5,7-9,11-13H2,1H3. The van der Waals surface area contributed by atoms with Gasteiger partial charge in [0.2, 0.25) is 11.8 Å². The number of hydrogen-bond donors (Lipinski definition) is 0. The first-order chi connectivity index (χ1) is 12.7. The van der Waals surface area contributed by atoms with Crippen LogP contribution in [-0.4, -0.2) is 41.1 Å². The van der Waals surface area contributed by atoms with Crippen molar-refractivity contribution >= 4 is 5.91 Å². The number of hydrogen-bond acceptors (Lipinski definition) is 5. The van der Waals surface area contributed by atoms with Crippen LogP contribution in [0.2, 0.25) is 0 Å². The summed E-state index contributed by atoms with van der Waals surface area (Å²) in [5, 5.41) is 4.09. The first-order valence-corrected chi connectivity index (χ1v) is 9.44. The summed E-state index contributed by atoms with van der Waals surface area (Å²) in [4.78, 5) is 19.2. The van der Waals surface area contributed by atoms with Gasteiger partial charge in [0.05, 0.1) is 13.5 Å². The first kappa shape index (κ1) is 17.1. The third-order valence-electron chi connectivity index (χ3n) is 5.25. The van der Waals surface area contributed by atoms with Crippen LogP contribution in [0.5, 0.6) is 5.75 Å². The molecule has 1 aliphatic carbocycles. The second-order valence-electron chi connectivity index (χ2n) is 7.40. The minimum Gasteiger partial charge on any atom is -0.497 e. The third kappa shape index (κ3) is 4.06. The largest absolute Gasteiger partial charge is 0.497 e. The van der Waals surface area contributed by atoms with E-state index in [1.165, 1.54) is 12.8 Å². The van der Waals surface area contributed by atoms with Gasteiger partial charge in [0.15, 0.2) is 5.82 Å². The van der Waals surface area contributed by atoms with Crippen molar-refractivity contribution in [1.29, 1.82) is 0 Å². The molecule has 1 saturated carbocycles. The van der Waals surface area contributed by atoms with Gasteiger partial charge >= 0.3 is 0 Å². The van der Waals surface area contributed by atoms with Gasteiger partial charge in [-0.25, -0.2) is 0 Å². The molecule has 0 radical (unpaired) electrons. The van der Waals surface area contributed by atoms with Gasteiger partial charge in [-0.3, -0.25) is 4.79 Å². The second-order valence-corrected chi connectivity index (χ2v) is 7.40. The minimum atomic E-state index is 0.173. The maximum absolute atomic E-state index is 12.7. The highest BCUT2D eigenvalue weighted by Crippen LogP contribution is 2.38. The van der Waals surface area contributed by atoms with E-state index in [2.05, 4.69) is 10.1 Å². The summed E-state index contributed by atoms with van der Waals surface area (Å²) in [7, 11) is 1.64. The normalized spacial score (nSPS) is 20.2. The Balaban J connectivity index is 1.33. The second kappa shape index (κ2) is 7.48. The maximum Gasteiger partial charge on any atom is 0.227 e. The molecule has 0 bridgehead atoms. The van der Waals surface area contributed by atoms with E-state index in [1.807, 2.05) is 29.2 Å². The highest BCUT2D eigenvalue weighted by atomic mass is 16.5. The minimum absolute atomic E-state index is 0.173. The molecule has 1 atom stereocenters. The molecule has 4 rings (SSSR count). The van der Waals surface area contributed by atoms with E-state index < -0.39 is 0 Å². The quantitative estimate of drug-likeness (QED) is 0.797. The summed E-state index contributed by atoms with van der Waals surface area (Å²) in [6.45, 7) is 1.60. The molecule has 1 aromatic carbocycles. The molecule has 2 heterocycles. The Bertz CT molecular complexity index is 769. The van der Waals surface area contributed by atoms with Crippen LogP contribution in [-0.2, 0) is 17.6 Å². The number of amides is 1. The zero-order valence-corrected chi connectivity index (χ0v) is 15.2. The lowest BCUT2D eigenvalue weighted by atomic mass is 9.94. The summed E-state index contributed by atoms with van der Waals surface area (Å²) in [6, 6.07) is 7.72. The molecule has 1 amide bonds. The summed E-state index contributed by atoms with van der Waals surface area (Å²) in [5.41, 5.74) is 0.988. The van der Waals surface area contributed by atoms with Gasteiger partial charge in [0.1, 0.15) is 5.75 Å². The molecule has 0 spiro atoms. The number of nitrogens with zero attached hydrogens (tertiary/aromatic N) is 3. The molecule has 26 heavy (non-hydrogen) atoms. The van der Waals surface area contributed by atoms with Crippen molar-refractivity contribution in [3.63, 3.8) is 0 Å². The molecule has 1 aliphatic heterocycles. The van der Waals surface area contributed by atoms with E-state index in [9.17, 15) is 4.79 Å². The molecule has 138 valence electrons. The van der Waals surface area contributed by atoms with E-state index in [1.54, 1.807) is 7.11 Å². The number of ether oxygens (including phenoxy) is 1. The fourth-order valence-corrected chi connectivity index (χ4v) is 3.63. The molecule has 2 fully saturated rings. The number of carbonyl (C=O) groups excluding carboxylic acids is 1. The lowest BCUT2D eigenvalue weighted by Crippen LogP contribution is -2.41. The fraction of sp³-hybridized carbons (Fsp3) is 0.550. The van der Waals surface area contributed by atoms with Crippen LogP contribution in [0.25, 0.3) is 0 Å². The van der Waals surface area contributed by atoms with Crippen LogP contribution in [0.4, 0.5) is 0 Å². The predicted octanol–water partition coefficient (Wildman–Crippen LogP) is 2.98. The molecular formula is C20H25N3O3. The molecule has 1 unspecified atom stereocenters. The van der Waals surface area contributed by atoms with Crippen molar-refractivity contribution < 1.29 is 14.1 Å². The van der Waals surface area contributed by atoms with Crippen LogP contribution >= 0.6 is 0 Å². The van der Waals surface area contributed by atoms with Crippen molar-refractivity contribution in [2.45, 2.75) is 44.4 Å². The average Bonchev–Trinajstić information content (AvgIpc) is 3.42. The molecule has 1 aromatic heterocycles. The van der Waals surface area contributed by atoms with E-state index in [-0.39, 0.29) is 5.91 Å². The van der Waals surface area contributed by atoms with Crippen molar-refractivity contribution in [3.8, 4) is 5.75 Å². The molecule has 1 saturated heterocycles. The molecule has 2 aliphatic rings. The molecule has 2 aromatic rings. The SMILES string of the molecule is COc1cccc(CC(=O)N2CCCC(Cc3nc(C4CC4)no3)C2)c1. The van der Waals surface area contributed by atoms with Crippen LogP contribution in [0.3, 0.4) is 0 Å². The Labute approximate surface area is 153 Å². The maximum atomic E-state index is 12.7. The lowest BCUT2D eigenvalue weighted by molar-refractivity contribution is -0.132. The highest BCUT2D eigenvalue weighted by molar-refractivity contribution is 5.79. The number of likely N-dealkylation sites (tertiary alicyclic amines) is 1. The first-order valence-electron chi connectivity index (χ1n) is 9.44. The summed E-state index contributed by atoms with van der Waals surface area (Å²) < 4.78 is 10.6. The fourth-order valence-electron chi connectivity index (χ4n) is 3.63. The molecule has 6 heteroatoms. The highest BCUT2D eigenvalue weighted by Gasteiger charge is 2.30. The Hall–Kier alpha value is -2.37. The number of benzene rings is 1. The van der Waals surface area contributed by atoms with Gasteiger partial charge < -0.3 is 14.2 Å². The average molecular weight is 355 g/mol. The Morgan fingerprint density at radius 2 is 2.23 bits per heavy atom. The third-order valence-corrected chi connectivity index (χ3v) is 5.25. The van der Waals surface area contributed by atoms with E-state index in [4.69, 9.17) is 9.26 Å². The van der Waals surface area contributed by atoms with E-state index in [0.717, 1.165) is 55.4 Å². The van der Waals surface area contributed by atoms with Gasteiger partial charge in [-0.15, -0.1) is 0 Å². The van der Waals surface area contributed by atoms with Crippen LogP contribution in [0.1, 0.15) is 48.9 Å². The Kier molecular flexibility index (Phi) is 4.91. The number of methoxy groups -OCH3 is 1. The zero-order valence-electron chi connectivity index (χ0n) is 15.2. The molecule has 0 N–H and O–H groups in total. The number of piperidine rings is 1. The van der Waals surface area contributed by atoms with Gasteiger partial charge in [-0.2, -0.15) is 4.98 Å². The van der Waals surface area contributed by atoms with Crippen LogP contribution in [0, 0.1) is 5.92 Å². The van der Waals surface area contributed by atoms with Gasteiger partial charge in [0, 0.05) is 25.4 Å². The topological polar surface area (TPSA) is 68.5 Å². The van der Waals surface area contributed by atoms with Crippen molar-refractivity contribution in [1.82, 2.24) is 15.0 Å². The smallest absolute Gasteiger partial charge is 0.227 e. The van der Waals surface area contributed by atoms with Crippen LogP contribution < -0.4 is 4.74 Å². The summed E-state index contributed by atoms with van der Waals surface area (Å²) in [5.74, 6) is 3.45.